The van der Waals surface area contributed by atoms with Crippen LogP contribution < -0.4 is 4.72 Å². The highest BCUT2D eigenvalue weighted by Gasteiger charge is 2.29. The highest BCUT2D eigenvalue weighted by molar-refractivity contribution is 7.89. The third-order valence-corrected chi connectivity index (χ3v) is 5.65. The van der Waals surface area contributed by atoms with Crippen LogP contribution in [0.5, 0.6) is 0 Å². The van der Waals surface area contributed by atoms with Gasteiger partial charge in [-0.3, -0.25) is 4.79 Å². The van der Waals surface area contributed by atoms with Gasteiger partial charge >= 0.3 is 5.97 Å². The van der Waals surface area contributed by atoms with Crippen molar-refractivity contribution in [1.82, 2.24) is 14.7 Å². The second-order valence-electron chi connectivity index (χ2n) is 6.50. The molecule has 0 aliphatic rings. The van der Waals surface area contributed by atoms with Crippen LogP contribution in [0.1, 0.15) is 13.8 Å². The molecule has 1 atom stereocenters. The van der Waals surface area contributed by atoms with Crippen molar-refractivity contribution in [2.75, 3.05) is 7.11 Å². The van der Waals surface area contributed by atoms with Gasteiger partial charge in [0, 0.05) is 5.56 Å². The lowest BCUT2D eigenvalue weighted by atomic mass is 10.1. The first-order chi connectivity index (χ1) is 12.8. The number of imidazole rings is 1. The Morgan fingerprint density at radius 3 is 2.48 bits per heavy atom. The highest BCUT2D eigenvalue weighted by atomic mass is 32.2. The number of aromatic nitrogens is 2. The molecule has 1 aromatic heterocycles. The molecule has 0 aliphatic heterocycles. The van der Waals surface area contributed by atoms with Crippen LogP contribution in [0.2, 0.25) is 0 Å². The Labute approximate surface area is 157 Å². The fourth-order valence-electron chi connectivity index (χ4n) is 2.71. The molecule has 0 radical (unpaired) electrons. The molecule has 2 N–H and O–H groups in total. The number of benzene rings is 2. The van der Waals surface area contributed by atoms with Gasteiger partial charge in [0.1, 0.15) is 11.9 Å². The van der Waals surface area contributed by atoms with Crippen molar-refractivity contribution in [1.29, 1.82) is 0 Å². The van der Waals surface area contributed by atoms with E-state index in [0.717, 1.165) is 5.56 Å². The van der Waals surface area contributed by atoms with E-state index in [2.05, 4.69) is 14.7 Å². The molecule has 0 fully saturated rings. The monoisotopic (exact) mass is 387 g/mol. The summed E-state index contributed by atoms with van der Waals surface area (Å²) < 4.78 is 32.6. The second-order valence-corrected chi connectivity index (χ2v) is 8.21. The molecule has 0 spiro atoms. The highest BCUT2D eigenvalue weighted by Crippen LogP contribution is 2.23. The topological polar surface area (TPSA) is 101 Å². The Kier molecular flexibility index (Phi) is 5.29. The van der Waals surface area contributed by atoms with Crippen molar-refractivity contribution in [2.24, 2.45) is 5.92 Å². The van der Waals surface area contributed by atoms with E-state index in [1.54, 1.807) is 19.9 Å². The molecule has 8 heteroatoms. The molecule has 1 heterocycles. The summed E-state index contributed by atoms with van der Waals surface area (Å²) >= 11 is 0. The van der Waals surface area contributed by atoms with Crippen LogP contribution in [-0.4, -0.2) is 37.5 Å². The molecule has 27 heavy (non-hydrogen) atoms. The predicted octanol–water partition coefficient (Wildman–Crippen LogP) is 2.71. The van der Waals surface area contributed by atoms with Crippen LogP contribution in [0.3, 0.4) is 0 Å². The average Bonchev–Trinajstić information content (AvgIpc) is 3.09. The quantitative estimate of drug-likeness (QED) is 0.633. The van der Waals surface area contributed by atoms with E-state index < -0.39 is 22.0 Å². The van der Waals surface area contributed by atoms with Crippen molar-refractivity contribution in [3.05, 3.63) is 48.5 Å². The molecular weight excluding hydrogens is 366 g/mol. The average molecular weight is 387 g/mol. The number of carbonyl (C=O) groups is 1. The summed E-state index contributed by atoms with van der Waals surface area (Å²) in [6.45, 7) is 3.49. The summed E-state index contributed by atoms with van der Waals surface area (Å²) in [4.78, 5) is 19.5. The zero-order valence-corrected chi connectivity index (χ0v) is 16.1. The first kappa shape index (κ1) is 19.1. The Morgan fingerprint density at radius 2 is 1.85 bits per heavy atom. The van der Waals surface area contributed by atoms with Crippen LogP contribution in [0.25, 0.3) is 22.4 Å². The van der Waals surface area contributed by atoms with E-state index in [-0.39, 0.29) is 10.8 Å². The molecule has 1 unspecified atom stereocenters. The van der Waals surface area contributed by atoms with Gasteiger partial charge in [-0.1, -0.05) is 44.2 Å². The van der Waals surface area contributed by atoms with E-state index in [9.17, 15) is 13.2 Å². The van der Waals surface area contributed by atoms with Gasteiger partial charge in [-0.2, -0.15) is 4.72 Å². The van der Waals surface area contributed by atoms with E-state index in [1.165, 1.54) is 19.2 Å². The minimum absolute atomic E-state index is 0.0489. The number of methoxy groups -OCH3 is 1. The number of aromatic amines is 1. The van der Waals surface area contributed by atoms with Crippen molar-refractivity contribution >= 4 is 27.0 Å². The SMILES string of the molecule is COC(=O)C(NS(=O)(=O)c1ccc2nc(-c3ccccc3)[nH]c2c1)C(C)C. The van der Waals surface area contributed by atoms with Gasteiger partial charge in [0.05, 0.1) is 23.0 Å². The normalized spacial score (nSPS) is 13.0. The summed E-state index contributed by atoms with van der Waals surface area (Å²) in [6, 6.07) is 13.2. The summed E-state index contributed by atoms with van der Waals surface area (Å²) in [7, 11) is -2.68. The van der Waals surface area contributed by atoms with E-state index >= 15 is 0 Å². The molecule has 7 nitrogen and oxygen atoms in total. The van der Waals surface area contributed by atoms with Gasteiger partial charge in [-0.15, -0.1) is 0 Å². The lowest BCUT2D eigenvalue weighted by Crippen LogP contribution is -2.44. The number of carbonyl (C=O) groups excluding carboxylic acids is 1. The maximum absolute atomic E-state index is 12.7. The van der Waals surface area contributed by atoms with Crippen LogP contribution in [0.4, 0.5) is 0 Å². The smallest absolute Gasteiger partial charge is 0.324 e. The van der Waals surface area contributed by atoms with Crippen molar-refractivity contribution in [2.45, 2.75) is 24.8 Å². The van der Waals surface area contributed by atoms with Gasteiger partial charge in [-0.25, -0.2) is 13.4 Å². The molecule has 3 rings (SSSR count). The second kappa shape index (κ2) is 7.50. The molecule has 0 bridgehead atoms. The van der Waals surface area contributed by atoms with Gasteiger partial charge in [0.25, 0.3) is 0 Å². The number of rotatable bonds is 6. The first-order valence-corrected chi connectivity index (χ1v) is 9.95. The summed E-state index contributed by atoms with van der Waals surface area (Å²) in [5.74, 6) is -0.224. The third kappa shape index (κ3) is 4.01. The molecule has 142 valence electrons. The third-order valence-electron chi connectivity index (χ3n) is 4.21. The lowest BCUT2D eigenvalue weighted by molar-refractivity contribution is -0.143. The molecule has 0 saturated heterocycles. The number of fused-ring (bicyclic) bond motifs is 1. The molecular formula is C19H21N3O4S. The number of nitrogens with one attached hydrogen (secondary N) is 2. The zero-order chi connectivity index (χ0) is 19.6. The zero-order valence-electron chi connectivity index (χ0n) is 15.3. The summed E-state index contributed by atoms with van der Waals surface area (Å²) in [5, 5.41) is 0. The fourth-order valence-corrected chi connectivity index (χ4v) is 4.07. The van der Waals surface area contributed by atoms with E-state index in [1.807, 2.05) is 30.3 Å². The minimum atomic E-state index is -3.91. The maximum Gasteiger partial charge on any atom is 0.324 e. The maximum atomic E-state index is 12.7. The van der Waals surface area contributed by atoms with Gasteiger partial charge in [0.2, 0.25) is 10.0 Å². The van der Waals surface area contributed by atoms with Gasteiger partial charge in [0.15, 0.2) is 0 Å². The lowest BCUT2D eigenvalue weighted by Gasteiger charge is -2.19. The number of nitrogens with zero attached hydrogens (tertiary/aromatic N) is 1. The van der Waals surface area contributed by atoms with Crippen molar-refractivity contribution < 1.29 is 17.9 Å². The Bertz CT molecular complexity index is 1060. The molecule has 0 aliphatic carbocycles. The van der Waals surface area contributed by atoms with Gasteiger partial charge < -0.3 is 9.72 Å². The molecule has 3 aromatic rings. The first-order valence-electron chi connectivity index (χ1n) is 8.47. The summed E-state index contributed by atoms with van der Waals surface area (Å²) in [6.07, 6.45) is 0. The predicted molar refractivity (Wildman–Crippen MR) is 102 cm³/mol. The van der Waals surface area contributed by atoms with Crippen molar-refractivity contribution in [3.63, 3.8) is 0 Å². The van der Waals surface area contributed by atoms with Crippen LogP contribution in [-0.2, 0) is 19.6 Å². The van der Waals surface area contributed by atoms with Gasteiger partial charge in [-0.05, 0) is 24.1 Å². The summed E-state index contributed by atoms with van der Waals surface area (Å²) in [5.41, 5.74) is 2.15. The largest absolute Gasteiger partial charge is 0.468 e. The fraction of sp³-hybridized carbons (Fsp3) is 0.263. The molecule has 0 saturated carbocycles. The van der Waals surface area contributed by atoms with Crippen LogP contribution in [0.15, 0.2) is 53.4 Å². The minimum Gasteiger partial charge on any atom is -0.468 e. The van der Waals surface area contributed by atoms with E-state index in [4.69, 9.17) is 4.74 Å². The number of hydrogen-bond donors (Lipinski definition) is 2. The van der Waals surface area contributed by atoms with Crippen LogP contribution >= 0.6 is 0 Å². The number of sulfonamides is 1. The Morgan fingerprint density at radius 1 is 1.15 bits per heavy atom. The number of esters is 1. The number of ether oxygens (including phenoxy) is 1. The number of hydrogen-bond acceptors (Lipinski definition) is 5. The Hall–Kier alpha value is -2.71. The molecule has 0 amide bonds. The molecule has 2 aromatic carbocycles. The van der Waals surface area contributed by atoms with Crippen LogP contribution in [0, 0.1) is 5.92 Å². The Balaban J connectivity index is 1.95. The number of H-pyrrole nitrogens is 1. The standard InChI is InChI=1S/C19H21N3O4S/c1-12(2)17(19(23)26-3)22-27(24,25)14-9-10-15-16(11-14)21-18(20-15)13-7-5-4-6-8-13/h4-12,17,22H,1-3H3,(H,20,21). The van der Waals surface area contributed by atoms with Crippen molar-refractivity contribution in [3.8, 4) is 11.4 Å². The van der Waals surface area contributed by atoms with E-state index in [0.29, 0.717) is 16.9 Å².